The van der Waals surface area contributed by atoms with E-state index in [4.69, 9.17) is 9.26 Å². The molecule has 0 radical (unpaired) electrons. The van der Waals surface area contributed by atoms with E-state index in [-0.39, 0.29) is 11.0 Å². The highest BCUT2D eigenvalue weighted by Crippen LogP contribution is 2.38. The van der Waals surface area contributed by atoms with E-state index >= 15 is 0 Å². The van der Waals surface area contributed by atoms with Gasteiger partial charge < -0.3 is 9.26 Å². The lowest BCUT2D eigenvalue weighted by atomic mass is 9.89. The second-order valence-electron chi connectivity index (χ2n) is 6.76. The van der Waals surface area contributed by atoms with Crippen molar-refractivity contribution in [2.45, 2.75) is 31.3 Å². The molecule has 0 N–H and O–H groups in total. The normalized spacial score (nSPS) is 21.4. The molecule has 0 spiro atoms. The molecule has 2 atom stereocenters. The second kappa shape index (κ2) is 6.86. The van der Waals surface area contributed by atoms with E-state index in [1.807, 2.05) is 0 Å². The Balaban J connectivity index is 1.83. The Labute approximate surface area is 148 Å². The highest BCUT2D eigenvalue weighted by molar-refractivity contribution is 7.89. The van der Waals surface area contributed by atoms with Gasteiger partial charge in [0.05, 0.1) is 4.90 Å². The summed E-state index contributed by atoms with van der Waals surface area (Å²) < 4.78 is 36.6. The third-order valence-electron chi connectivity index (χ3n) is 4.57. The van der Waals surface area contributed by atoms with Crippen LogP contribution in [0, 0.1) is 11.8 Å². The molecule has 1 aromatic carbocycles. The number of sulfonamides is 1. The van der Waals surface area contributed by atoms with Gasteiger partial charge in [-0.1, -0.05) is 19.0 Å². The van der Waals surface area contributed by atoms with E-state index in [0.29, 0.717) is 35.7 Å². The number of aromatic nitrogens is 2. The van der Waals surface area contributed by atoms with Gasteiger partial charge in [0.2, 0.25) is 15.8 Å². The van der Waals surface area contributed by atoms with Crippen LogP contribution in [0.2, 0.25) is 0 Å². The zero-order chi connectivity index (χ0) is 18.2. The molecule has 1 saturated heterocycles. The molecule has 1 fully saturated rings. The predicted octanol–water partition coefficient (Wildman–Crippen LogP) is 2.72. The third kappa shape index (κ3) is 3.47. The Kier molecular flexibility index (Phi) is 4.95. The molecule has 136 valence electrons. The molecule has 0 aliphatic carbocycles. The first-order chi connectivity index (χ1) is 11.8. The fraction of sp³-hybridized carbons (Fsp3) is 0.529. The van der Waals surface area contributed by atoms with Gasteiger partial charge >= 0.3 is 0 Å². The van der Waals surface area contributed by atoms with E-state index in [1.54, 1.807) is 24.3 Å². The zero-order valence-corrected chi connectivity index (χ0v) is 15.7. The molecule has 2 aromatic rings. The predicted molar refractivity (Wildman–Crippen MR) is 92.2 cm³/mol. The van der Waals surface area contributed by atoms with Crippen LogP contribution < -0.4 is 0 Å². The van der Waals surface area contributed by atoms with Crippen LogP contribution in [-0.4, -0.2) is 43.6 Å². The second-order valence-corrected chi connectivity index (χ2v) is 8.91. The summed E-state index contributed by atoms with van der Waals surface area (Å²) in [6.45, 7) is 5.02. The summed E-state index contributed by atoms with van der Waals surface area (Å²) in [5.41, 5.74) is 0.701. The van der Waals surface area contributed by atoms with Crippen molar-refractivity contribution in [2.24, 2.45) is 11.8 Å². The number of rotatable bonds is 5. The monoisotopic (exact) mass is 365 g/mol. The van der Waals surface area contributed by atoms with E-state index < -0.39 is 10.0 Å². The van der Waals surface area contributed by atoms with Gasteiger partial charge in [-0.05, 0) is 42.5 Å². The Morgan fingerprint density at radius 2 is 1.88 bits per heavy atom. The van der Waals surface area contributed by atoms with Gasteiger partial charge in [0.15, 0.2) is 0 Å². The minimum atomic E-state index is -3.45. The Morgan fingerprint density at radius 3 is 2.48 bits per heavy atom. The maximum absolute atomic E-state index is 12.1. The topological polar surface area (TPSA) is 85.5 Å². The molecule has 0 bridgehead atoms. The van der Waals surface area contributed by atoms with Crippen molar-refractivity contribution in [3.63, 3.8) is 0 Å². The molecule has 0 amide bonds. The number of hydrogen-bond donors (Lipinski definition) is 0. The standard InChI is InChI=1S/C17H23N3O4S/c1-11(2)14-9-10-23-15(14)17-18-16(19-24-17)12-5-7-13(8-6-12)25(21,22)20(3)4/h5-8,11,14-15H,9-10H2,1-4H3/t14-,15-/m0/s1. The first-order valence-electron chi connectivity index (χ1n) is 8.29. The van der Waals surface area contributed by atoms with E-state index in [0.717, 1.165) is 6.42 Å². The summed E-state index contributed by atoms with van der Waals surface area (Å²) in [7, 11) is -0.449. The van der Waals surface area contributed by atoms with Crippen LogP contribution in [0.25, 0.3) is 11.4 Å². The van der Waals surface area contributed by atoms with Crippen LogP contribution >= 0.6 is 0 Å². The number of nitrogens with zero attached hydrogens (tertiary/aromatic N) is 3. The summed E-state index contributed by atoms with van der Waals surface area (Å²) in [5, 5.41) is 4.03. The molecule has 25 heavy (non-hydrogen) atoms. The quantitative estimate of drug-likeness (QED) is 0.810. The van der Waals surface area contributed by atoms with Crippen LogP contribution in [0.4, 0.5) is 0 Å². The largest absolute Gasteiger partial charge is 0.368 e. The highest BCUT2D eigenvalue weighted by atomic mass is 32.2. The lowest BCUT2D eigenvalue weighted by Crippen LogP contribution is -2.22. The van der Waals surface area contributed by atoms with Crippen molar-refractivity contribution >= 4 is 10.0 Å². The van der Waals surface area contributed by atoms with E-state index in [2.05, 4.69) is 24.0 Å². The number of hydrogen-bond acceptors (Lipinski definition) is 6. The molecule has 1 aromatic heterocycles. The summed E-state index contributed by atoms with van der Waals surface area (Å²) in [4.78, 5) is 4.69. The van der Waals surface area contributed by atoms with Crippen molar-refractivity contribution < 1.29 is 17.7 Å². The Bertz CT molecular complexity index is 828. The maximum atomic E-state index is 12.1. The average Bonchev–Trinajstić information content (AvgIpc) is 3.23. The van der Waals surface area contributed by atoms with Crippen LogP contribution in [0.15, 0.2) is 33.7 Å². The number of ether oxygens (including phenoxy) is 1. The van der Waals surface area contributed by atoms with Crippen LogP contribution in [0.5, 0.6) is 0 Å². The SMILES string of the molecule is CC(C)[C@@H]1CCO[C@@H]1c1nc(-c2ccc(S(=O)(=O)N(C)C)cc2)no1. The molecule has 0 saturated carbocycles. The summed E-state index contributed by atoms with van der Waals surface area (Å²) in [6, 6.07) is 6.45. The third-order valence-corrected chi connectivity index (χ3v) is 6.40. The fourth-order valence-electron chi connectivity index (χ4n) is 3.00. The van der Waals surface area contributed by atoms with Crippen LogP contribution in [-0.2, 0) is 14.8 Å². The van der Waals surface area contributed by atoms with Gasteiger partial charge in [0.25, 0.3) is 5.89 Å². The number of benzene rings is 1. The van der Waals surface area contributed by atoms with Gasteiger partial charge in [-0.25, -0.2) is 12.7 Å². The average molecular weight is 365 g/mol. The van der Waals surface area contributed by atoms with Gasteiger partial charge in [0.1, 0.15) is 6.10 Å². The molecule has 0 unspecified atom stereocenters. The molecule has 2 heterocycles. The smallest absolute Gasteiger partial charge is 0.256 e. The highest BCUT2D eigenvalue weighted by Gasteiger charge is 2.36. The summed E-state index contributed by atoms with van der Waals surface area (Å²) >= 11 is 0. The first-order valence-corrected chi connectivity index (χ1v) is 9.73. The first kappa shape index (κ1) is 18.0. The minimum absolute atomic E-state index is 0.172. The molecular weight excluding hydrogens is 342 g/mol. The van der Waals surface area contributed by atoms with E-state index in [9.17, 15) is 8.42 Å². The lowest BCUT2D eigenvalue weighted by Gasteiger charge is -2.18. The Morgan fingerprint density at radius 1 is 1.20 bits per heavy atom. The van der Waals surface area contributed by atoms with Gasteiger partial charge in [0, 0.05) is 26.3 Å². The summed E-state index contributed by atoms with van der Waals surface area (Å²) in [5.74, 6) is 1.75. The Hall–Kier alpha value is -1.77. The molecule has 7 nitrogen and oxygen atoms in total. The van der Waals surface area contributed by atoms with Crippen molar-refractivity contribution in [2.75, 3.05) is 20.7 Å². The fourth-order valence-corrected chi connectivity index (χ4v) is 3.90. The van der Waals surface area contributed by atoms with Crippen molar-refractivity contribution in [1.29, 1.82) is 0 Å². The van der Waals surface area contributed by atoms with Crippen LogP contribution in [0.3, 0.4) is 0 Å². The van der Waals surface area contributed by atoms with Gasteiger partial charge in [-0.3, -0.25) is 0 Å². The molecule has 3 rings (SSSR count). The molecular formula is C17H23N3O4S. The van der Waals surface area contributed by atoms with Crippen molar-refractivity contribution in [3.05, 3.63) is 30.2 Å². The lowest BCUT2D eigenvalue weighted by molar-refractivity contribution is 0.0520. The molecule has 1 aliphatic heterocycles. The maximum Gasteiger partial charge on any atom is 0.256 e. The van der Waals surface area contributed by atoms with Crippen molar-refractivity contribution in [3.8, 4) is 11.4 Å². The van der Waals surface area contributed by atoms with E-state index in [1.165, 1.54) is 18.4 Å². The molecule has 1 aliphatic rings. The van der Waals surface area contributed by atoms with Gasteiger partial charge in [-0.15, -0.1) is 0 Å². The van der Waals surface area contributed by atoms with Gasteiger partial charge in [-0.2, -0.15) is 4.98 Å². The van der Waals surface area contributed by atoms with Crippen molar-refractivity contribution in [1.82, 2.24) is 14.4 Å². The molecule has 8 heteroatoms. The summed E-state index contributed by atoms with van der Waals surface area (Å²) in [6.07, 6.45) is 0.812. The van der Waals surface area contributed by atoms with Crippen LogP contribution in [0.1, 0.15) is 32.3 Å². The zero-order valence-electron chi connectivity index (χ0n) is 14.8. The minimum Gasteiger partial charge on any atom is -0.368 e.